The van der Waals surface area contributed by atoms with E-state index in [2.05, 4.69) is 10.3 Å². The van der Waals surface area contributed by atoms with Gasteiger partial charge in [-0.25, -0.2) is 4.98 Å². The van der Waals surface area contributed by atoms with Crippen molar-refractivity contribution in [2.75, 3.05) is 5.32 Å². The molecule has 27 heavy (non-hydrogen) atoms. The summed E-state index contributed by atoms with van der Waals surface area (Å²) in [5, 5.41) is 2.73. The van der Waals surface area contributed by atoms with Gasteiger partial charge in [0.05, 0.1) is 5.56 Å². The van der Waals surface area contributed by atoms with Crippen molar-refractivity contribution in [3.63, 3.8) is 0 Å². The Kier molecular flexibility index (Phi) is 4.99. The van der Waals surface area contributed by atoms with E-state index in [9.17, 15) is 18.0 Å². The maximum absolute atomic E-state index is 12.9. The van der Waals surface area contributed by atoms with Crippen molar-refractivity contribution in [1.82, 2.24) is 4.98 Å². The number of nitrogens with one attached hydrogen (secondary N) is 1. The summed E-state index contributed by atoms with van der Waals surface area (Å²) in [7, 11) is 0. The van der Waals surface area contributed by atoms with Crippen LogP contribution in [-0.4, -0.2) is 10.9 Å². The number of benzene rings is 2. The second kappa shape index (κ2) is 7.23. The Labute approximate surface area is 154 Å². The molecule has 0 atom stereocenters. The molecule has 2 aromatic carbocycles. The van der Waals surface area contributed by atoms with Crippen molar-refractivity contribution in [2.24, 2.45) is 0 Å². The Balaban J connectivity index is 1.80. The van der Waals surface area contributed by atoms with E-state index < -0.39 is 11.7 Å². The summed E-state index contributed by atoms with van der Waals surface area (Å²) in [6, 6.07) is 15.2. The average Bonchev–Trinajstić information content (AvgIpc) is 2.60. The molecule has 3 nitrogen and oxygen atoms in total. The van der Waals surface area contributed by atoms with E-state index in [1.165, 1.54) is 6.07 Å². The van der Waals surface area contributed by atoms with Crippen molar-refractivity contribution in [3.05, 3.63) is 83.0 Å². The third-order valence-corrected chi connectivity index (χ3v) is 4.01. The summed E-state index contributed by atoms with van der Waals surface area (Å²) in [5.41, 5.74) is 2.51. The van der Waals surface area contributed by atoms with E-state index in [0.29, 0.717) is 22.5 Å². The van der Waals surface area contributed by atoms with Crippen LogP contribution in [0.5, 0.6) is 0 Å². The molecule has 1 heterocycles. The average molecular weight is 370 g/mol. The molecule has 3 aromatic rings. The maximum Gasteiger partial charge on any atom is 0.416 e. The highest BCUT2D eigenvalue weighted by atomic mass is 19.4. The zero-order chi connectivity index (χ0) is 19.6. The van der Waals surface area contributed by atoms with E-state index in [-0.39, 0.29) is 5.91 Å². The summed E-state index contributed by atoms with van der Waals surface area (Å²) in [6.45, 7) is 3.75. The van der Waals surface area contributed by atoms with Gasteiger partial charge >= 0.3 is 6.18 Å². The molecular formula is C21H17F3N2O. The normalized spacial score (nSPS) is 11.3. The van der Waals surface area contributed by atoms with Crippen LogP contribution in [0.2, 0.25) is 0 Å². The number of anilines is 1. The van der Waals surface area contributed by atoms with Gasteiger partial charge in [0.1, 0.15) is 5.82 Å². The summed E-state index contributed by atoms with van der Waals surface area (Å²) in [5.74, 6) is 0.127. The quantitative estimate of drug-likeness (QED) is 0.649. The monoisotopic (exact) mass is 370 g/mol. The second-order valence-corrected chi connectivity index (χ2v) is 6.28. The molecule has 6 heteroatoms. The van der Waals surface area contributed by atoms with Crippen LogP contribution in [-0.2, 0) is 6.18 Å². The lowest BCUT2D eigenvalue weighted by atomic mass is 10.0. The zero-order valence-electron chi connectivity index (χ0n) is 14.8. The van der Waals surface area contributed by atoms with Gasteiger partial charge in [0.25, 0.3) is 5.91 Å². The summed E-state index contributed by atoms with van der Waals surface area (Å²) >= 11 is 0. The molecule has 0 radical (unpaired) electrons. The number of nitrogens with zero attached hydrogens (tertiary/aromatic N) is 1. The lowest BCUT2D eigenvalue weighted by Gasteiger charge is -2.10. The van der Waals surface area contributed by atoms with E-state index in [0.717, 1.165) is 23.4 Å². The van der Waals surface area contributed by atoms with Crippen molar-refractivity contribution in [1.29, 1.82) is 0 Å². The van der Waals surface area contributed by atoms with Crippen LogP contribution in [0.15, 0.2) is 60.7 Å². The maximum atomic E-state index is 12.9. The number of pyridine rings is 1. The van der Waals surface area contributed by atoms with Gasteiger partial charge in [-0.3, -0.25) is 4.79 Å². The third kappa shape index (κ3) is 4.53. The minimum absolute atomic E-state index is 0.330. The molecule has 138 valence electrons. The van der Waals surface area contributed by atoms with Gasteiger partial charge < -0.3 is 5.32 Å². The number of carbonyl (C=O) groups excluding carboxylic acids is 1. The number of aromatic nitrogens is 1. The first-order valence-corrected chi connectivity index (χ1v) is 8.27. The van der Waals surface area contributed by atoms with Crippen molar-refractivity contribution >= 4 is 11.7 Å². The highest BCUT2D eigenvalue weighted by molar-refractivity contribution is 6.04. The largest absolute Gasteiger partial charge is 0.416 e. The highest BCUT2D eigenvalue weighted by Crippen LogP contribution is 2.32. The highest BCUT2D eigenvalue weighted by Gasteiger charge is 2.30. The first kappa shape index (κ1) is 18.6. The molecule has 1 aromatic heterocycles. The summed E-state index contributed by atoms with van der Waals surface area (Å²) < 4.78 is 38.6. The predicted molar refractivity (Wildman–Crippen MR) is 98.5 cm³/mol. The number of alkyl halides is 3. The molecule has 0 bridgehead atoms. The minimum Gasteiger partial charge on any atom is -0.307 e. The van der Waals surface area contributed by atoms with Crippen molar-refractivity contribution < 1.29 is 18.0 Å². The summed E-state index contributed by atoms with van der Waals surface area (Å²) in [6.07, 6.45) is -4.39. The molecule has 1 amide bonds. The van der Waals surface area contributed by atoms with Gasteiger partial charge in [-0.05, 0) is 66.9 Å². The number of hydrogen-bond acceptors (Lipinski definition) is 2. The van der Waals surface area contributed by atoms with E-state index >= 15 is 0 Å². The second-order valence-electron chi connectivity index (χ2n) is 6.28. The first-order valence-electron chi connectivity index (χ1n) is 8.27. The number of carbonyl (C=O) groups is 1. The molecule has 3 rings (SSSR count). The predicted octanol–water partition coefficient (Wildman–Crippen LogP) is 5.64. The molecule has 1 N–H and O–H groups in total. The minimum atomic E-state index is -4.39. The van der Waals surface area contributed by atoms with Gasteiger partial charge in [-0.1, -0.05) is 24.3 Å². The number of rotatable bonds is 3. The van der Waals surface area contributed by atoms with Gasteiger partial charge in [0, 0.05) is 11.3 Å². The lowest BCUT2D eigenvalue weighted by Crippen LogP contribution is -2.13. The van der Waals surface area contributed by atoms with Crippen LogP contribution in [0.25, 0.3) is 11.1 Å². The fourth-order valence-corrected chi connectivity index (χ4v) is 2.78. The lowest BCUT2D eigenvalue weighted by molar-refractivity contribution is -0.137. The fourth-order valence-electron chi connectivity index (χ4n) is 2.78. The van der Waals surface area contributed by atoms with Gasteiger partial charge in [0.2, 0.25) is 0 Å². The SMILES string of the molecule is Cc1cc(C)nc(NC(=O)c2ccc(-c3cccc(C(F)(F)F)c3)cc2)c1. The smallest absolute Gasteiger partial charge is 0.307 e. The molecule has 0 unspecified atom stereocenters. The Morgan fingerprint density at radius 1 is 0.926 bits per heavy atom. The molecule has 0 aliphatic rings. The van der Waals surface area contributed by atoms with Crippen LogP contribution >= 0.6 is 0 Å². The van der Waals surface area contributed by atoms with Gasteiger partial charge in [-0.15, -0.1) is 0 Å². The number of aryl methyl sites for hydroxylation is 2. The third-order valence-electron chi connectivity index (χ3n) is 4.01. The van der Waals surface area contributed by atoms with E-state index in [1.54, 1.807) is 36.4 Å². The van der Waals surface area contributed by atoms with Crippen LogP contribution in [0.1, 0.15) is 27.2 Å². The number of hydrogen-bond donors (Lipinski definition) is 1. The van der Waals surface area contributed by atoms with Crippen LogP contribution in [0.3, 0.4) is 0 Å². The van der Waals surface area contributed by atoms with Crippen molar-refractivity contribution in [3.8, 4) is 11.1 Å². The van der Waals surface area contributed by atoms with Crippen LogP contribution in [0, 0.1) is 13.8 Å². The Morgan fingerprint density at radius 3 is 2.26 bits per heavy atom. The number of amides is 1. The molecule has 0 aliphatic carbocycles. The van der Waals surface area contributed by atoms with Gasteiger partial charge in [0.15, 0.2) is 0 Å². The van der Waals surface area contributed by atoms with Crippen molar-refractivity contribution in [2.45, 2.75) is 20.0 Å². The van der Waals surface area contributed by atoms with E-state index in [4.69, 9.17) is 0 Å². The topological polar surface area (TPSA) is 42.0 Å². The van der Waals surface area contributed by atoms with Crippen LogP contribution in [0.4, 0.5) is 19.0 Å². The molecule has 0 saturated heterocycles. The molecule has 0 saturated carbocycles. The molecule has 0 aliphatic heterocycles. The zero-order valence-corrected chi connectivity index (χ0v) is 14.8. The molecule has 0 fully saturated rings. The Hall–Kier alpha value is -3.15. The Morgan fingerprint density at radius 2 is 1.63 bits per heavy atom. The summed E-state index contributed by atoms with van der Waals surface area (Å²) in [4.78, 5) is 16.6. The van der Waals surface area contributed by atoms with Gasteiger partial charge in [-0.2, -0.15) is 13.2 Å². The standard InChI is InChI=1S/C21H17F3N2O/c1-13-10-14(2)25-19(11-13)26-20(27)16-8-6-15(7-9-16)17-4-3-5-18(12-17)21(22,23)24/h3-12H,1-2H3,(H,25,26,27). The number of halogens is 3. The van der Waals surface area contributed by atoms with Crippen LogP contribution < -0.4 is 5.32 Å². The van der Waals surface area contributed by atoms with E-state index in [1.807, 2.05) is 19.9 Å². The molecular weight excluding hydrogens is 353 g/mol. The Bertz CT molecular complexity index is 959. The molecule has 0 spiro atoms. The first-order chi connectivity index (χ1) is 12.7. The fraction of sp³-hybridized carbons (Fsp3) is 0.143.